The summed E-state index contributed by atoms with van der Waals surface area (Å²) in [5.74, 6) is -0.303. The van der Waals surface area contributed by atoms with Crippen molar-refractivity contribution in [1.29, 1.82) is 0 Å². The Balaban J connectivity index is 1.30. The molecule has 1 aliphatic carbocycles. The molecular weight excluding hydrogens is 373 g/mol. The standard InChI is InChI=1S/C22H24FN3O3/c23-18-5-3-16(4-6-18)19-11-20(19)24-12-22(28)26-8-7-15-2-1-14(9-17(15)13-26)10-21(27)25-29/h1-6,9,19-20,24,29H,7-8,10-13H2,(H,25,27)/t19-,20+/m0/s1. The summed E-state index contributed by atoms with van der Waals surface area (Å²) in [6.45, 7) is 1.48. The van der Waals surface area contributed by atoms with Crippen LogP contribution in [0, 0.1) is 5.82 Å². The van der Waals surface area contributed by atoms with Crippen LogP contribution in [0.25, 0.3) is 0 Å². The molecule has 0 radical (unpaired) electrons. The zero-order valence-electron chi connectivity index (χ0n) is 16.0. The number of amides is 2. The molecule has 0 spiro atoms. The summed E-state index contributed by atoms with van der Waals surface area (Å²) in [4.78, 5) is 25.9. The number of carbonyl (C=O) groups is 2. The Morgan fingerprint density at radius 1 is 1.14 bits per heavy atom. The molecule has 152 valence electrons. The smallest absolute Gasteiger partial charge is 0.247 e. The van der Waals surface area contributed by atoms with Crippen molar-refractivity contribution in [2.45, 2.75) is 37.8 Å². The molecule has 1 heterocycles. The normalized spacial score (nSPS) is 20.1. The lowest BCUT2D eigenvalue weighted by Gasteiger charge is -2.29. The largest absolute Gasteiger partial charge is 0.337 e. The summed E-state index contributed by atoms with van der Waals surface area (Å²) in [5.41, 5.74) is 5.78. The van der Waals surface area contributed by atoms with Gasteiger partial charge in [0.05, 0.1) is 13.0 Å². The zero-order chi connectivity index (χ0) is 20.4. The van der Waals surface area contributed by atoms with Crippen LogP contribution < -0.4 is 10.8 Å². The van der Waals surface area contributed by atoms with E-state index in [-0.39, 0.29) is 30.7 Å². The predicted molar refractivity (Wildman–Crippen MR) is 105 cm³/mol. The number of rotatable bonds is 6. The van der Waals surface area contributed by atoms with Gasteiger partial charge in [0.2, 0.25) is 11.8 Å². The summed E-state index contributed by atoms with van der Waals surface area (Å²) in [7, 11) is 0. The van der Waals surface area contributed by atoms with E-state index >= 15 is 0 Å². The van der Waals surface area contributed by atoms with Gasteiger partial charge in [0.25, 0.3) is 0 Å². The topological polar surface area (TPSA) is 81.7 Å². The highest BCUT2D eigenvalue weighted by molar-refractivity contribution is 5.79. The molecule has 4 rings (SSSR count). The quantitative estimate of drug-likeness (QED) is 0.514. The molecule has 1 aliphatic heterocycles. The Kier molecular flexibility index (Phi) is 5.60. The third-order valence-corrected chi connectivity index (χ3v) is 5.73. The van der Waals surface area contributed by atoms with Gasteiger partial charge in [-0.1, -0.05) is 30.3 Å². The summed E-state index contributed by atoms with van der Waals surface area (Å²) in [6.07, 6.45) is 1.85. The van der Waals surface area contributed by atoms with Gasteiger partial charge in [-0.05, 0) is 47.2 Å². The first-order chi connectivity index (χ1) is 14.0. The average Bonchev–Trinajstić information content (AvgIpc) is 3.51. The van der Waals surface area contributed by atoms with E-state index in [9.17, 15) is 14.0 Å². The van der Waals surface area contributed by atoms with Crippen molar-refractivity contribution in [3.63, 3.8) is 0 Å². The van der Waals surface area contributed by atoms with Crippen LogP contribution in [0.5, 0.6) is 0 Å². The molecule has 7 heteroatoms. The van der Waals surface area contributed by atoms with Crippen molar-refractivity contribution in [3.8, 4) is 0 Å². The van der Waals surface area contributed by atoms with E-state index < -0.39 is 5.91 Å². The first-order valence-electron chi connectivity index (χ1n) is 9.83. The SMILES string of the molecule is O=C(Cc1ccc2c(c1)CN(C(=O)CN[C@@H]1C[C@H]1c1ccc(F)cc1)CC2)NO. The Bertz CT molecular complexity index is 916. The highest BCUT2D eigenvalue weighted by Crippen LogP contribution is 2.40. The molecular formula is C22H24FN3O3. The van der Waals surface area contributed by atoms with Gasteiger partial charge in [-0.15, -0.1) is 0 Å². The average molecular weight is 397 g/mol. The van der Waals surface area contributed by atoms with Crippen molar-refractivity contribution >= 4 is 11.8 Å². The van der Waals surface area contributed by atoms with Gasteiger partial charge in [0.15, 0.2) is 0 Å². The van der Waals surface area contributed by atoms with Gasteiger partial charge in [-0.25, -0.2) is 9.87 Å². The van der Waals surface area contributed by atoms with Crippen LogP contribution in [0.15, 0.2) is 42.5 Å². The van der Waals surface area contributed by atoms with Crippen LogP contribution in [0.4, 0.5) is 4.39 Å². The fourth-order valence-electron chi connectivity index (χ4n) is 3.99. The lowest BCUT2D eigenvalue weighted by atomic mass is 9.96. The van der Waals surface area contributed by atoms with Gasteiger partial charge in [-0.2, -0.15) is 0 Å². The predicted octanol–water partition coefficient (Wildman–Crippen LogP) is 1.90. The van der Waals surface area contributed by atoms with Gasteiger partial charge < -0.3 is 10.2 Å². The van der Waals surface area contributed by atoms with E-state index in [0.717, 1.165) is 29.5 Å². The number of halogens is 1. The maximum Gasteiger partial charge on any atom is 0.247 e. The Hall–Kier alpha value is -2.77. The van der Waals surface area contributed by atoms with Crippen LogP contribution in [-0.4, -0.2) is 41.1 Å². The van der Waals surface area contributed by atoms with Crippen LogP contribution in [-0.2, 0) is 29.0 Å². The number of nitrogens with zero attached hydrogens (tertiary/aromatic N) is 1. The molecule has 0 saturated heterocycles. The molecule has 1 fully saturated rings. The van der Waals surface area contributed by atoms with E-state index in [4.69, 9.17) is 5.21 Å². The van der Waals surface area contributed by atoms with Crippen molar-refractivity contribution in [2.75, 3.05) is 13.1 Å². The summed E-state index contributed by atoms with van der Waals surface area (Å²) >= 11 is 0. The molecule has 0 aromatic heterocycles. The Labute approximate surface area is 168 Å². The maximum absolute atomic E-state index is 13.0. The van der Waals surface area contributed by atoms with Gasteiger partial charge >= 0.3 is 0 Å². The molecule has 2 atom stereocenters. The zero-order valence-corrected chi connectivity index (χ0v) is 16.0. The second-order valence-electron chi connectivity index (χ2n) is 7.76. The number of nitrogens with one attached hydrogen (secondary N) is 2. The third-order valence-electron chi connectivity index (χ3n) is 5.73. The van der Waals surface area contributed by atoms with E-state index in [1.165, 1.54) is 17.7 Å². The summed E-state index contributed by atoms with van der Waals surface area (Å²) in [5, 5.41) is 12.0. The minimum Gasteiger partial charge on any atom is -0.337 e. The summed E-state index contributed by atoms with van der Waals surface area (Å²) in [6, 6.07) is 12.6. The van der Waals surface area contributed by atoms with Crippen LogP contribution in [0.2, 0.25) is 0 Å². The molecule has 6 nitrogen and oxygen atoms in total. The van der Waals surface area contributed by atoms with Crippen LogP contribution >= 0.6 is 0 Å². The highest BCUT2D eigenvalue weighted by atomic mass is 19.1. The number of benzene rings is 2. The van der Waals surface area contributed by atoms with E-state index in [1.807, 2.05) is 23.1 Å². The molecule has 2 aromatic rings. The Morgan fingerprint density at radius 3 is 2.69 bits per heavy atom. The number of hydroxylamine groups is 1. The number of carbonyl (C=O) groups excluding carboxylic acids is 2. The summed E-state index contributed by atoms with van der Waals surface area (Å²) < 4.78 is 13.0. The molecule has 2 aliphatic rings. The molecule has 1 saturated carbocycles. The number of fused-ring (bicyclic) bond motifs is 1. The maximum atomic E-state index is 13.0. The van der Waals surface area contributed by atoms with Crippen molar-refractivity contribution < 1.29 is 19.2 Å². The molecule has 0 bridgehead atoms. The van der Waals surface area contributed by atoms with E-state index in [0.29, 0.717) is 19.0 Å². The fraction of sp³-hybridized carbons (Fsp3) is 0.364. The molecule has 2 aromatic carbocycles. The Morgan fingerprint density at radius 2 is 1.93 bits per heavy atom. The highest BCUT2D eigenvalue weighted by Gasteiger charge is 2.38. The second kappa shape index (κ2) is 8.31. The van der Waals surface area contributed by atoms with Crippen molar-refractivity contribution in [1.82, 2.24) is 15.7 Å². The monoisotopic (exact) mass is 397 g/mol. The number of hydrogen-bond donors (Lipinski definition) is 3. The lowest BCUT2D eigenvalue weighted by Crippen LogP contribution is -2.41. The van der Waals surface area contributed by atoms with E-state index in [2.05, 4.69) is 5.32 Å². The van der Waals surface area contributed by atoms with Gasteiger partial charge in [0, 0.05) is 25.0 Å². The lowest BCUT2D eigenvalue weighted by molar-refractivity contribution is -0.131. The van der Waals surface area contributed by atoms with Crippen LogP contribution in [0.3, 0.4) is 0 Å². The minimum absolute atomic E-state index is 0.0545. The minimum atomic E-state index is -0.460. The molecule has 0 unspecified atom stereocenters. The van der Waals surface area contributed by atoms with Crippen molar-refractivity contribution in [3.05, 3.63) is 70.5 Å². The van der Waals surface area contributed by atoms with Gasteiger partial charge in [-0.3, -0.25) is 14.8 Å². The third kappa shape index (κ3) is 4.63. The second-order valence-corrected chi connectivity index (χ2v) is 7.76. The van der Waals surface area contributed by atoms with Crippen LogP contribution in [0.1, 0.15) is 34.6 Å². The first-order valence-corrected chi connectivity index (χ1v) is 9.83. The fourth-order valence-corrected chi connectivity index (χ4v) is 3.99. The van der Waals surface area contributed by atoms with E-state index in [1.54, 1.807) is 17.6 Å². The first kappa shape index (κ1) is 19.5. The number of hydrogen-bond acceptors (Lipinski definition) is 4. The molecule has 29 heavy (non-hydrogen) atoms. The molecule has 3 N–H and O–H groups in total. The van der Waals surface area contributed by atoms with Gasteiger partial charge in [0.1, 0.15) is 5.82 Å². The van der Waals surface area contributed by atoms with Crippen molar-refractivity contribution in [2.24, 2.45) is 0 Å². The molecule has 2 amide bonds.